The second-order valence-corrected chi connectivity index (χ2v) is 9.23. The van der Waals surface area contributed by atoms with E-state index in [-0.39, 0.29) is 12.1 Å². The first kappa shape index (κ1) is 20.0. The monoisotopic (exact) mass is 412 g/mol. The number of aryl methyl sites for hydroxylation is 2. The lowest BCUT2D eigenvalue weighted by Crippen LogP contribution is -2.36. The van der Waals surface area contributed by atoms with Gasteiger partial charge in [0.05, 0.1) is 32.1 Å². The summed E-state index contributed by atoms with van der Waals surface area (Å²) in [5, 5.41) is 19.2. The van der Waals surface area contributed by atoms with Gasteiger partial charge in [-0.25, -0.2) is 4.68 Å². The fourth-order valence-electron chi connectivity index (χ4n) is 5.81. The minimum absolute atomic E-state index is 0.00108. The van der Waals surface area contributed by atoms with Crippen molar-refractivity contribution in [2.45, 2.75) is 57.4 Å². The van der Waals surface area contributed by atoms with Gasteiger partial charge in [-0.1, -0.05) is 11.3 Å². The Morgan fingerprint density at radius 1 is 1.10 bits per heavy atom. The van der Waals surface area contributed by atoms with E-state index in [4.69, 9.17) is 9.47 Å². The van der Waals surface area contributed by atoms with Crippen molar-refractivity contribution in [3.8, 4) is 5.75 Å². The van der Waals surface area contributed by atoms with Gasteiger partial charge in [0.15, 0.2) is 0 Å². The topological polar surface area (TPSA) is 72.6 Å². The standard InChI is InChI=1S/C23H32N4O3/c1-29-14-20-13-27(25-24-20)21-7-17-10-26(11-18(17)8-22(21)28)12-19-6-15-4-3-5-16(15)9-23(19)30-2/h6,9,13,17-18,21-22,28H,3-5,7-8,10-12,14H2,1-2H3/t17-,18+,21-,22-/m1/s1. The average Bonchev–Trinajstić information content (AvgIpc) is 3.46. The molecule has 7 heteroatoms. The van der Waals surface area contributed by atoms with Crippen LogP contribution >= 0.6 is 0 Å². The minimum atomic E-state index is -0.377. The van der Waals surface area contributed by atoms with Crippen LogP contribution in [0.2, 0.25) is 0 Å². The van der Waals surface area contributed by atoms with Crippen molar-refractivity contribution in [1.82, 2.24) is 19.9 Å². The molecule has 1 saturated heterocycles. The molecule has 0 unspecified atom stereocenters. The van der Waals surface area contributed by atoms with E-state index in [0.29, 0.717) is 18.4 Å². The fraction of sp³-hybridized carbons (Fsp3) is 0.652. The number of methoxy groups -OCH3 is 2. The van der Waals surface area contributed by atoms with E-state index in [0.717, 1.165) is 43.9 Å². The van der Waals surface area contributed by atoms with Crippen LogP contribution < -0.4 is 4.74 Å². The van der Waals surface area contributed by atoms with Gasteiger partial charge in [-0.3, -0.25) is 4.90 Å². The molecule has 3 aliphatic rings. The molecule has 7 nitrogen and oxygen atoms in total. The Labute approximate surface area is 178 Å². The van der Waals surface area contributed by atoms with Crippen LogP contribution in [0.25, 0.3) is 0 Å². The average molecular weight is 413 g/mol. The van der Waals surface area contributed by atoms with E-state index in [1.807, 2.05) is 10.9 Å². The van der Waals surface area contributed by atoms with Gasteiger partial charge in [-0.15, -0.1) is 5.10 Å². The number of aromatic nitrogens is 3. The van der Waals surface area contributed by atoms with E-state index >= 15 is 0 Å². The molecule has 162 valence electrons. The third kappa shape index (κ3) is 3.74. The Morgan fingerprint density at radius 3 is 2.63 bits per heavy atom. The van der Waals surface area contributed by atoms with Crippen LogP contribution in [-0.2, 0) is 30.7 Å². The molecule has 5 rings (SSSR count). The summed E-state index contributed by atoms with van der Waals surface area (Å²) in [6.07, 6.45) is 6.93. The zero-order chi connectivity index (χ0) is 20.7. The largest absolute Gasteiger partial charge is 0.496 e. The van der Waals surface area contributed by atoms with Crippen molar-refractivity contribution in [2.75, 3.05) is 27.3 Å². The number of hydrogen-bond acceptors (Lipinski definition) is 6. The fourth-order valence-corrected chi connectivity index (χ4v) is 5.81. The molecule has 1 aromatic carbocycles. The van der Waals surface area contributed by atoms with Crippen LogP contribution in [0.5, 0.6) is 5.75 Å². The summed E-state index contributed by atoms with van der Waals surface area (Å²) in [6.45, 7) is 3.48. The van der Waals surface area contributed by atoms with Crippen LogP contribution in [0.3, 0.4) is 0 Å². The molecule has 2 aromatic rings. The van der Waals surface area contributed by atoms with Crippen LogP contribution in [0.4, 0.5) is 0 Å². The first-order chi connectivity index (χ1) is 14.6. The molecule has 2 heterocycles. The summed E-state index contributed by atoms with van der Waals surface area (Å²) in [5.74, 6) is 2.14. The summed E-state index contributed by atoms with van der Waals surface area (Å²) in [7, 11) is 3.43. The number of aliphatic hydroxyl groups is 1. The van der Waals surface area contributed by atoms with E-state index in [2.05, 4.69) is 27.3 Å². The van der Waals surface area contributed by atoms with Gasteiger partial charge in [0.1, 0.15) is 11.4 Å². The summed E-state index contributed by atoms with van der Waals surface area (Å²) in [4.78, 5) is 2.54. The summed E-state index contributed by atoms with van der Waals surface area (Å²) >= 11 is 0. The third-order valence-electron chi connectivity index (χ3n) is 7.26. The number of hydrogen-bond donors (Lipinski definition) is 1. The van der Waals surface area contributed by atoms with Crippen molar-refractivity contribution >= 4 is 0 Å². The molecule has 2 aliphatic carbocycles. The number of fused-ring (bicyclic) bond motifs is 2. The Morgan fingerprint density at radius 2 is 1.87 bits per heavy atom. The molecule has 0 spiro atoms. The van der Waals surface area contributed by atoms with Gasteiger partial charge < -0.3 is 14.6 Å². The molecular formula is C23H32N4O3. The van der Waals surface area contributed by atoms with Crippen molar-refractivity contribution < 1.29 is 14.6 Å². The second-order valence-electron chi connectivity index (χ2n) is 9.23. The van der Waals surface area contributed by atoms with Crippen LogP contribution in [0.15, 0.2) is 18.3 Å². The quantitative estimate of drug-likeness (QED) is 0.785. The number of likely N-dealkylation sites (tertiary alicyclic amines) is 1. The maximum Gasteiger partial charge on any atom is 0.123 e. The molecular weight excluding hydrogens is 380 g/mol. The van der Waals surface area contributed by atoms with E-state index in [1.165, 1.54) is 36.0 Å². The number of ether oxygens (including phenoxy) is 2. The Hall–Kier alpha value is -1.96. The van der Waals surface area contributed by atoms with Gasteiger partial charge in [0, 0.05) is 32.3 Å². The molecule has 0 amide bonds. The van der Waals surface area contributed by atoms with E-state index < -0.39 is 0 Å². The molecule has 1 aliphatic heterocycles. The van der Waals surface area contributed by atoms with Gasteiger partial charge in [-0.05, 0) is 61.1 Å². The Bertz CT molecular complexity index is 899. The maximum absolute atomic E-state index is 10.8. The smallest absolute Gasteiger partial charge is 0.123 e. The molecule has 1 saturated carbocycles. The molecule has 2 fully saturated rings. The minimum Gasteiger partial charge on any atom is -0.496 e. The lowest BCUT2D eigenvalue weighted by Gasteiger charge is -2.35. The summed E-state index contributed by atoms with van der Waals surface area (Å²) in [5.41, 5.74) is 5.06. The third-order valence-corrected chi connectivity index (χ3v) is 7.26. The lowest BCUT2D eigenvalue weighted by molar-refractivity contribution is 0.0298. The molecule has 1 aromatic heterocycles. The van der Waals surface area contributed by atoms with Crippen molar-refractivity contribution in [3.05, 3.63) is 40.7 Å². The van der Waals surface area contributed by atoms with Crippen LogP contribution in [-0.4, -0.2) is 58.4 Å². The first-order valence-electron chi connectivity index (χ1n) is 11.1. The predicted octanol–water partition coefficient (Wildman–Crippen LogP) is 2.37. The number of benzene rings is 1. The van der Waals surface area contributed by atoms with Gasteiger partial charge in [-0.2, -0.15) is 0 Å². The van der Waals surface area contributed by atoms with Gasteiger partial charge in [0.2, 0.25) is 0 Å². The normalized spacial score (nSPS) is 28.5. The number of rotatable bonds is 6. The molecule has 30 heavy (non-hydrogen) atoms. The molecule has 4 atom stereocenters. The lowest BCUT2D eigenvalue weighted by atomic mass is 9.77. The SMILES string of the molecule is COCc1cn([C@@H]2C[C@@H]3CN(Cc4cc5c(cc4OC)CCC5)C[C@@H]3C[C@H]2O)nn1. The highest BCUT2D eigenvalue weighted by Crippen LogP contribution is 2.42. The van der Waals surface area contributed by atoms with Gasteiger partial charge >= 0.3 is 0 Å². The maximum atomic E-state index is 10.8. The highest BCUT2D eigenvalue weighted by Gasteiger charge is 2.42. The summed E-state index contributed by atoms with van der Waals surface area (Å²) in [6, 6.07) is 4.62. The molecule has 1 N–H and O–H groups in total. The van der Waals surface area contributed by atoms with Crippen molar-refractivity contribution in [2.24, 2.45) is 11.8 Å². The number of nitrogens with zero attached hydrogens (tertiary/aromatic N) is 4. The van der Waals surface area contributed by atoms with Crippen LogP contribution in [0, 0.1) is 11.8 Å². The molecule has 0 bridgehead atoms. The second kappa shape index (κ2) is 8.29. The predicted molar refractivity (Wildman–Crippen MR) is 112 cm³/mol. The zero-order valence-corrected chi connectivity index (χ0v) is 18.0. The van der Waals surface area contributed by atoms with Crippen molar-refractivity contribution in [1.29, 1.82) is 0 Å². The highest BCUT2D eigenvalue weighted by atomic mass is 16.5. The Balaban J connectivity index is 1.27. The zero-order valence-electron chi connectivity index (χ0n) is 18.0. The van der Waals surface area contributed by atoms with Gasteiger partial charge in [0.25, 0.3) is 0 Å². The summed E-state index contributed by atoms with van der Waals surface area (Å²) < 4.78 is 12.7. The molecule has 0 radical (unpaired) electrons. The van der Waals surface area contributed by atoms with E-state index in [9.17, 15) is 5.11 Å². The number of aliphatic hydroxyl groups excluding tert-OH is 1. The van der Waals surface area contributed by atoms with Crippen molar-refractivity contribution in [3.63, 3.8) is 0 Å². The van der Waals surface area contributed by atoms with Crippen LogP contribution in [0.1, 0.15) is 47.7 Å². The van der Waals surface area contributed by atoms with E-state index in [1.54, 1.807) is 14.2 Å². The highest BCUT2D eigenvalue weighted by molar-refractivity contribution is 5.44. The Kier molecular flexibility index (Phi) is 5.52. The first-order valence-corrected chi connectivity index (χ1v) is 11.1.